The molecule has 6 heteroatoms. The Morgan fingerprint density at radius 1 is 1.00 bits per heavy atom. The van der Waals surface area contributed by atoms with Crippen LogP contribution in [0, 0.1) is 16.0 Å². The van der Waals surface area contributed by atoms with E-state index in [2.05, 4.69) is 5.32 Å². The van der Waals surface area contributed by atoms with Gasteiger partial charge < -0.3 is 5.32 Å². The van der Waals surface area contributed by atoms with Crippen molar-refractivity contribution in [3.63, 3.8) is 0 Å². The maximum Gasteiger partial charge on any atom is 0.289 e. The monoisotopic (exact) mass is 392 g/mol. The number of benzene rings is 3. The molecular weight excluding hydrogens is 376 g/mol. The van der Waals surface area contributed by atoms with E-state index in [-0.39, 0.29) is 28.0 Å². The number of nitrogens with zero attached hydrogens (tertiary/aromatic N) is 1. The number of nitrogens with one attached hydrogen (secondary N) is 1. The van der Waals surface area contributed by atoms with Crippen molar-refractivity contribution in [1.29, 1.82) is 0 Å². The van der Waals surface area contributed by atoms with Crippen LogP contribution >= 0.6 is 11.6 Å². The molecule has 140 valence electrons. The lowest BCUT2D eigenvalue weighted by Crippen LogP contribution is -2.22. The average Bonchev–Trinajstić information content (AvgIpc) is 3.48. The summed E-state index contributed by atoms with van der Waals surface area (Å²) < 4.78 is 0. The molecule has 1 amide bonds. The van der Waals surface area contributed by atoms with Gasteiger partial charge in [0.25, 0.3) is 5.69 Å². The van der Waals surface area contributed by atoms with Gasteiger partial charge in [0.15, 0.2) is 0 Å². The molecule has 0 aliphatic heterocycles. The number of nitro groups is 1. The van der Waals surface area contributed by atoms with Crippen LogP contribution in [0.4, 0.5) is 11.4 Å². The maximum absolute atomic E-state index is 13.0. The summed E-state index contributed by atoms with van der Waals surface area (Å²) in [5, 5.41) is 13.9. The predicted molar refractivity (Wildman–Crippen MR) is 109 cm³/mol. The third kappa shape index (κ3) is 3.14. The van der Waals surface area contributed by atoms with Crippen molar-refractivity contribution in [2.75, 3.05) is 5.32 Å². The van der Waals surface area contributed by atoms with E-state index in [0.717, 1.165) is 11.1 Å². The van der Waals surface area contributed by atoms with Crippen molar-refractivity contribution >= 4 is 28.9 Å². The van der Waals surface area contributed by atoms with Crippen LogP contribution in [-0.4, -0.2) is 10.8 Å². The summed E-state index contributed by atoms with van der Waals surface area (Å²) in [4.78, 5) is 23.5. The predicted octanol–water partition coefficient (Wildman–Crippen LogP) is 5.19. The van der Waals surface area contributed by atoms with Gasteiger partial charge in [0.05, 0.1) is 10.8 Å². The van der Waals surface area contributed by atoms with Crippen molar-refractivity contribution in [2.45, 2.75) is 11.8 Å². The summed E-state index contributed by atoms with van der Waals surface area (Å²) in [7, 11) is 0. The largest absolute Gasteiger partial charge is 0.326 e. The normalized spacial score (nSPS) is 17.0. The van der Waals surface area contributed by atoms with Crippen LogP contribution in [0.3, 0.4) is 0 Å². The lowest BCUT2D eigenvalue weighted by Gasteiger charge is -2.19. The van der Waals surface area contributed by atoms with E-state index in [1.165, 1.54) is 12.1 Å². The molecule has 1 N–H and O–H groups in total. The molecule has 0 radical (unpaired) electrons. The fraction of sp³-hybridized carbons (Fsp3) is 0.136. The van der Waals surface area contributed by atoms with Crippen LogP contribution in [0.1, 0.15) is 17.5 Å². The number of nitro benzene ring substituents is 1. The third-order valence-electron chi connectivity index (χ3n) is 5.27. The quantitative estimate of drug-likeness (QED) is 0.479. The number of rotatable bonds is 5. The summed E-state index contributed by atoms with van der Waals surface area (Å²) in [6, 6.07) is 24.2. The van der Waals surface area contributed by atoms with Crippen LogP contribution in [0.2, 0.25) is 5.02 Å². The lowest BCUT2D eigenvalue weighted by atomic mass is 9.85. The van der Waals surface area contributed by atoms with Gasteiger partial charge in [-0.25, -0.2) is 0 Å². The number of carbonyl (C=O) groups is 1. The van der Waals surface area contributed by atoms with Crippen molar-refractivity contribution in [3.05, 3.63) is 105 Å². The number of hydrogen-bond acceptors (Lipinski definition) is 3. The standard InChI is InChI=1S/C22H17ClN2O3/c23-19-12-11-17(13-20(19)25(27)28)24-21(26)18-14-22(18,15-7-3-1-4-8-15)16-9-5-2-6-10-16/h1-13,18H,14H2,(H,24,26). The Balaban J connectivity index is 1.64. The summed E-state index contributed by atoms with van der Waals surface area (Å²) >= 11 is 5.85. The zero-order chi connectivity index (χ0) is 19.7. The molecule has 1 aliphatic rings. The minimum atomic E-state index is -0.562. The molecule has 1 unspecified atom stereocenters. The van der Waals surface area contributed by atoms with Gasteiger partial charge in [0.2, 0.25) is 5.91 Å². The first-order valence-corrected chi connectivity index (χ1v) is 9.26. The first kappa shape index (κ1) is 18.2. The van der Waals surface area contributed by atoms with Crippen molar-refractivity contribution < 1.29 is 9.72 Å². The lowest BCUT2D eigenvalue weighted by molar-refractivity contribution is -0.384. The van der Waals surface area contributed by atoms with E-state index in [1.54, 1.807) is 6.07 Å². The fourth-order valence-corrected chi connectivity index (χ4v) is 4.00. The number of hydrogen-bond donors (Lipinski definition) is 1. The molecule has 3 aromatic rings. The molecule has 4 rings (SSSR count). The minimum absolute atomic E-state index is 0.0392. The van der Waals surface area contributed by atoms with Crippen molar-refractivity contribution in [3.8, 4) is 0 Å². The molecule has 3 aromatic carbocycles. The topological polar surface area (TPSA) is 72.2 Å². The van der Waals surface area contributed by atoms with E-state index < -0.39 is 4.92 Å². The second-order valence-electron chi connectivity index (χ2n) is 6.87. The van der Waals surface area contributed by atoms with E-state index in [1.807, 2.05) is 60.7 Å². The summed E-state index contributed by atoms with van der Waals surface area (Å²) in [6.07, 6.45) is 0.683. The van der Waals surface area contributed by atoms with Gasteiger partial charge in [-0.1, -0.05) is 72.3 Å². The molecule has 1 aliphatic carbocycles. The Kier molecular flexibility index (Phi) is 4.61. The van der Waals surface area contributed by atoms with Gasteiger partial charge in [0.1, 0.15) is 5.02 Å². The maximum atomic E-state index is 13.0. The van der Waals surface area contributed by atoms with Crippen LogP contribution in [-0.2, 0) is 10.2 Å². The Hall–Kier alpha value is -3.18. The van der Waals surface area contributed by atoms with Gasteiger partial charge in [-0.05, 0) is 29.7 Å². The zero-order valence-corrected chi connectivity index (χ0v) is 15.6. The highest BCUT2D eigenvalue weighted by Gasteiger charge is 2.60. The highest BCUT2D eigenvalue weighted by molar-refractivity contribution is 6.32. The molecule has 5 nitrogen and oxygen atoms in total. The van der Waals surface area contributed by atoms with Crippen LogP contribution in [0.5, 0.6) is 0 Å². The Bertz CT molecular complexity index is 999. The third-order valence-corrected chi connectivity index (χ3v) is 5.59. The molecule has 0 heterocycles. The second kappa shape index (κ2) is 7.09. The van der Waals surface area contributed by atoms with E-state index in [9.17, 15) is 14.9 Å². The number of anilines is 1. The molecule has 1 saturated carbocycles. The van der Waals surface area contributed by atoms with Gasteiger partial charge in [0, 0.05) is 17.2 Å². The highest BCUT2D eigenvalue weighted by atomic mass is 35.5. The Morgan fingerprint density at radius 3 is 2.11 bits per heavy atom. The molecule has 0 aromatic heterocycles. The van der Waals surface area contributed by atoms with E-state index >= 15 is 0 Å². The number of amides is 1. The highest BCUT2D eigenvalue weighted by Crippen LogP contribution is 2.59. The molecule has 0 spiro atoms. The number of halogens is 1. The molecule has 0 saturated heterocycles. The Morgan fingerprint density at radius 2 is 1.57 bits per heavy atom. The van der Waals surface area contributed by atoms with Crippen molar-refractivity contribution in [1.82, 2.24) is 0 Å². The van der Waals surface area contributed by atoms with Crippen molar-refractivity contribution in [2.24, 2.45) is 5.92 Å². The number of carbonyl (C=O) groups excluding carboxylic acids is 1. The molecule has 0 bridgehead atoms. The van der Waals surface area contributed by atoms with Gasteiger partial charge in [-0.3, -0.25) is 14.9 Å². The Labute approximate surface area is 167 Å². The van der Waals surface area contributed by atoms with Crippen LogP contribution in [0.15, 0.2) is 78.9 Å². The summed E-state index contributed by atoms with van der Waals surface area (Å²) in [6.45, 7) is 0. The van der Waals surface area contributed by atoms with Crippen LogP contribution in [0.25, 0.3) is 0 Å². The molecular formula is C22H17ClN2O3. The minimum Gasteiger partial charge on any atom is -0.326 e. The molecule has 1 atom stereocenters. The first-order valence-electron chi connectivity index (χ1n) is 8.88. The second-order valence-corrected chi connectivity index (χ2v) is 7.28. The average molecular weight is 393 g/mol. The van der Waals surface area contributed by atoms with Gasteiger partial charge >= 0.3 is 0 Å². The smallest absolute Gasteiger partial charge is 0.289 e. The first-order chi connectivity index (χ1) is 13.5. The van der Waals surface area contributed by atoms with E-state index in [0.29, 0.717) is 12.1 Å². The zero-order valence-electron chi connectivity index (χ0n) is 14.8. The fourth-order valence-electron chi connectivity index (χ4n) is 3.82. The van der Waals surface area contributed by atoms with Gasteiger partial charge in [-0.2, -0.15) is 0 Å². The van der Waals surface area contributed by atoms with Gasteiger partial charge in [-0.15, -0.1) is 0 Å². The summed E-state index contributed by atoms with van der Waals surface area (Å²) in [5.74, 6) is -0.420. The molecule has 1 fully saturated rings. The summed E-state index contributed by atoms with van der Waals surface area (Å²) in [5.41, 5.74) is 1.92. The SMILES string of the molecule is O=C(Nc1ccc(Cl)c([N+](=O)[O-])c1)C1CC1(c1ccccc1)c1ccccc1. The van der Waals surface area contributed by atoms with E-state index in [4.69, 9.17) is 11.6 Å². The molecule has 28 heavy (non-hydrogen) atoms. The van der Waals surface area contributed by atoms with Crippen LogP contribution < -0.4 is 5.32 Å².